The van der Waals surface area contributed by atoms with Crippen molar-refractivity contribution in [3.8, 4) is 0 Å². The highest BCUT2D eigenvalue weighted by molar-refractivity contribution is 8.00. The molecule has 0 fully saturated rings. The lowest BCUT2D eigenvalue weighted by atomic mass is 10.4. The second-order valence-electron chi connectivity index (χ2n) is 3.66. The molecule has 0 aromatic carbocycles. The summed E-state index contributed by atoms with van der Waals surface area (Å²) >= 11 is 1.70. The van der Waals surface area contributed by atoms with Crippen molar-refractivity contribution in [2.45, 2.75) is 38.5 Å². The molecule has 1 amide bonds. The van der Waals surface area contributed by atoms with Crippen LogP contribution in [0.3, 0.4) is 0 Å². The van der Waals surface area contributed by atoms with Gasteiger partial charge in [0, 0.05) is 0 Å². The van der Waals surface area contributed by atoms with Crippen LogP contribution in [0.4, 0.5) is 0 Å². The van der Waals surface area contributed by atoms with Crippen LogP contribution in [-0.4, -0.2) is 16.9 Å². The highest BCUT2D eigenvalue weighted by atomic mass is 32.2. The number of furan rings is 1. The van der Waals surface area contributed by atoms with Crippen LogP contribution < -0.4 is 5.32 Å². The first-order valence-electron chi connectivity index (χ1n) is 5.65. The zero-order chi connectivity index (χ0) is 11.8. The summed E-state index contributed by atoms with van der Waals surface area (Å²) in [6.45, 7) is 4.57. The van der Waals surface area contributed by atoms with E-state index in [0.717, 1.165) is 11.5 Å². The number of nitrogens with one attached hydrogen (secondary N) is 1. The average molecular weight is 241 g/mol. The van der Waals surface area contributed by atoms with E-state index in [0.29, 0.717) is 6.54 Å². The predicted molar refractivity (Wildman–Crippen MR) is 67.4 cm³/mol. The van der Waals surface area contributed by atoms with Crippen molar-refractivity contribution < 1.29 is 9.21 Å². The molecule has 0 spiro atoms. The van der Waals surface area contributed by atoms with Crippen molar-refractivity contribution in [1.82, 2.24) is 5.32 Å². The van der Waals surface area contributed by atoms with Gasteiger partial charge in [0.05, 0.1) is 18.1 Å². The van der Waals surface area contributed by atoms with E-state index in [9.17, 15) is 4.79 Å². The van der Waals surface area contributed by atoms with Gasteiger partial charge in [-0.1, -0.05) is 13.3 Å². The third kappa shape index (κ3) is 4.75. The van der Waals surface area contributed by atoms with Crippen LogP contribution >= 0.6 is 11.8 Å². The average Bonchev–Trinajstić information content (AvgIpc) is 2.79. The molecule has 1 atom stereocenters. The number of rotatable bonds is 7. The van der Waals surface area contributed by atoms with Gasteiger partial charge >= 0.3 is 0 Å². The Bertz CT molecular complexity index is 298. The van der Waals surface area contributed by atoms with Crippen LogP contribution in [0.25, 0.3) is 0 Å². The number of carbonyl (C=O) groups excluding carboxylic acids is 1. The van der Waals surface area contributed by atoms with Crippen molar-refractivity contribution in [1.29, 1.82) is 0 Å². The van der Waals surface area contributed by atoms with Crippen molar-refractivity contribution in [2.75, 3.05) is 5.75 Å². The fraction of sp³-hybridized carbons (Fsp3) is 0.583. The van der Waals surface area contributed by atoms with Crippen LogP contribution in [-0.2, 0) is 11.3 Å². The molecule has 0 radical (unpaired) electrons. The molecule has 4 heteroatoms. The molecule has 16 heavy (non-hydrogen) atoms. The summed E-state index contributed by atoms with van der Waals surface area (Å²) in [5.41, 5.74) is 0. The second kappa shape index (κ2) is 7.39. The molecule has 1 heterocycles. The third-order valence-corrected chi connectivity index (χ3v) is 3.49. The van der Waals surface area contributed by atoms with E-state index < -0.39 is 0 Å². The van der Waals surface area contributed by atoms with Crippen LogP contribution in [0.5, 0.6) is 0 Å². The Morgan fingerprint density at radius 3 is 3.06 bits per heavy atom. The maximum atomic E-state index is 11.7. The largest absolute Gasteiger partial charge is 0.467 e. The lowest BCUT2D eigenvalue weighted by Crippen LogP contribution is -2.30. The Labute approximate surface area is 101 Å². The fourth-order valence-corrected chi connectivity index (χ4v) is 2.25. The van der Waals surface area contributed by atoms with Crippen LogP contribution in [0.2, 0.25) is 0 Å². The van der Waals surface area contributed by atoms with Crippen LogP contribution in [0.1, 0.15) is 32.4 Å². The summed E-state index contributed by atoms with van der Waals surface area (Å²) < 4.78 is 5.14. The fourth-order valence-electron chi connectivity index (χ4n) is 1.21. The summed E-state index contributed by atoms with van der Waals surface area (Å²) in [6.07, 6.45) is 3.95. The third-order valence-electron chi connectivity index (χ3n) is 2.25. The highest BCUT2D eigenvalue weighted by Gasteiger charge is 2.12. The molecule has 1 unspecified atom stereocenters. The van der Waals surface area contributed by atoms with E-state index >= 15 is 0 Å². The molecule has 1 rings (SSSR count). The molecule has 0 saturated carbocycles. The number of unbranched alkanes of at least 4 members (excludes halogenated alkanes) is 1. The Hall–Kier alpha value is -0.900. The summed E-state index contributed by atoms with van der Waals surface area (Å²) in [5, 5.41) is 2.87. The SMILES string of the molecule is CCCCSC(C)C(=O)NCc1ccco1. The number of amides is 1. The van der Waals surface area contributed by atoms with E-state index in [1.54, 1.807) is 18.0 Å². The number of carbonyl (C=O) groups is 1. The number of thioether (sulfide) groups is 1. The molecule has 0 saturated heterocycles. The van der Waals surface area contributed by atoms with Gasteiger partial charge in [0.1, 0.15) is 5.76 Å². The van der Waals surface area contributed by atoms with Crippen molar-refractivity contribution in [3.05, 3.63) is 24.2 Å². The monoisotopic (exact) mass is 241 g/mol. The Kier molecular flexibility index (Phi) is 6.08. The maximum absolute atomic E-state index is 11.7. The molecule has 0 aliphatic heterocycles. The van der Waals surface area contributed by atoms with Gasteiger partial charge in [-0.2, -0.15) is 0 Å². The molecular weight excluding hydrogens is 222 g/mol. The van der Waals surface area contributed by atoms with Gasteiger partial charge in [-0.3, -0.25) is 4.79 Å². The zero-order valence-corrected chi connectivity index (χ0v) is 10.7. The first kappa shape index (κ1) is 13.2. The minimum Gasteiger partial charge on any atom is -0.467 e. The number of hydrogen-bond acceptors (Lipinski definition) is 3. The summed E-state index contributed by atoms with van der Waals surface area (Å²) in [4.78, 5) is 11.7. The van der Waals surface area contributed by atoms with Crippen molar-refractivity contribution in [2.24, 2.45) is 0 Å². The standard InChI is InChI=1S/C12H19NO2S/c1-3-4-8-16-10(2)12(14)13-9-11-6-5-7-15-11/h5-7,10H,3-4,8-9H2,1-2H3,(H,13,14). The lowest BCUT2D eigenvalue weighted by Gasteiger charge is -2.10. The van der Waals surface area contributed by atoms with Gasteiger partial charge in [-0.25, -0.2) is 0 Å². The van der Waals surface area contributed by atoms with E-state index in [1.165, 1.54) is 12.8 Å². The molecule has 0 bridgehead atoms. The van der Waals surface area contributed by atoms with Gasteiger partial charge in [0.15, 0.2) is 0 Å². The van der Waals surface area contributed by atoms with Crippen molar-refractivity contribution >= 4 is 17.7 Å². The maximum Gasteiger partial charge on any atom is 0.233 e. The number of hydrogen-bond donors (Lipinski definition) is 1. The Morgan fingerprint density at radius 1 is 1.62 bits per heavy atom. The summed E-state index contributed by atoms with van der Waals surface area (Å²) in [7, 11) is 0. The van der Waals surface area contributed by atoms with E-state index in [2.05, 4.69) is 12.2 Å². The van der Waals surface area contributed by atoms with Crippen molar-refractivity contribution in [3.63, 3.8) is 0 Å². The van der Waals surface area contributed by atoms with Gasteiger partial charge in [0.25, 0.3) is 0 Å². The molecular formula is C12H19NO2S. The first-order valence-corrected chi connectivity index (χ1v) is 6.70. The van der Waals surface area contributed by atoms with E-state index in [4.69, 9.17) is 4.42 Å². The van der Waals surface area contributed by atoms with Crippen LogP contribution in [0, 0.1) is 0 Å². The highest BCUT2D eigenvalue weighted by Crippen LogP contribution is 2.12. The van der Waals surface area contributed by atoms with Gasteiger partial charge < -0.3 is 9.73 Å². The molecule has 1 N–H and O–H groups in total. The minimum atomic E-state index is 0.0153. The quantitative estimate of drug-likeness (QED) is 0.746. The Morgan fingerprint density at radius 2 is 2.44 bits per heavy atom. The summed E-state index contributed by atoms with van der Waals surface area (Å²) in [5.74, 6) is 1.92. The zero-order valence-electron chi connectivity index (χ0n) is 9.86. The van der Waals surface area contributed by atoms with E-state index in [1.807, 2.05) is 19.1 Å². The summed E-state index contributed by atoms with van der Waals surface area (Å²) in [6, 6.07) is 3.68. The van der Waals surface area contributed by atoms with Gasteiger partial charge in [0.2, 0.25) is 5.91 Å². The predicted octanol–water partition coefficient (Wildman–Crippen LogP) is 2.82. The normalized spacial score (nSPS) is 12.4. The smallest absolute Gasteiger partial charge is 0.233 e. The van der Waals surface area contributed by atoms with Crippen LogP contribution in [0.15, 0.2) is 22.8 Å². The lowest BCUT2D eigenvalue weighted by molar-refractivity contribution is -0.120. The minimum absolute atomic E-state index is 0.0153. The first-order chi connectivity index (χ1) is 7.74. The Balaban J connectivity index is 2.18. The van der Waals surface area contributed by atoms with Gasteiger partial charge in [-0.15, -0.1) is 11.8 Å². The molecule has 0 aliphatic rings. The van der Waals surface area contributed by atoms with E-state index in [-0.39, 0.29) is 11.2 Å². The molecule has 90 valence electrons. The molecule has 0 aliphatic carbocycles. The second-order valence-corrected chi connectivity index (χ2v) is 5.11. The topological polar surface area (TPSA) is 42.2 Å². The molecule has 1 aromatic rings. The molecule has 3 nitrogen and oxygen atoms in total. The molecule has 1 aromatic heterocycles. The van der Waals surface area contributed by atoms with Gasteiger partial charge in [-0.05, 0) is 31.2 Å².